The van der Waals surface area contributed by atoms with Gasteiger partial charge in [-0.15, -0.1) is 0 Å². The van der Waals surface area contributed by atoms with Crippen LogP contribution in [0.2, 0.25) is 0 Å². The highest BCUT2D eigenvalue weighted by Crippen LogP contribution is 2.42. The predicted molar refractivity (Wildman–Crippen MR) is 68.3 cm³/mol. The van der Waals surface area contributed by atoms with Crippen LogP contribution in [-0.4, -0.2) is 35.5 Å². The van der Waals surface area contributed by atoms with E-state index in [0.717, 1.165) is 25.7 Å². The van der Waals surface area contributed by atoms with Gasteiger partial charge in [0.1, 0.15) is 11.4 Å². The molecule has 1 amide bonds. The van der Waals surface area contributed by atoms with Crippen molar-refractivity contribution in [3.63, 3.8) is 0 Å². The largest absolute Gasteiger partial charge is 0.444 e. The molecule has 102 valence electrons. The van der Waals surface area contributed by atoms with Gasteiger partial charge in [0.25, 0.3) is 0 Å². The molecule has 2 rings (SSSR count). The summed E-state index contributed by atoms with van der Waals surface area (Å²) >= 11 is 0. The molecule has 1 atom stereocenters. The Morgan fingerprint density at radius 3 is 2.50 bits per heavy atom. The minimum absolute atomic E-state index is 0.255. The Morgan fingerprint density at radius 2 is 1.94 bits per heavy atom. The monoisotopic (exact) mass is 253 g/mol. The van der Waals surface area contributed by atoms with Crippen molar-refractivity contribution < 1.29 is 14.3 Å². The fourth-order valence-electron chi connectivity index (χ4n) is 3.04. The van der Waals surface area contributed by atoms with Crippen molar-refractivity contribution in [1.82, 2.24) is 4.90 Å². The lowest BCUT2D eigenvalue weighted by molar-refractivity contribution is -0.128. The van der Waals surface area contributed by atoms with Crippen molar-refractivity contribution in [1.29, 1.82) is 0 Å². The Balaban J connectivity index is 2.03. The molecule has 18 heavy (non-hydrogen) atoms. The van der Waals surface area contributed by atoms with E-state index in [1.54, 1.807) is 4.90 Å². The summed E-state index contributed by atoms with van der Waals surface area (Å²) < 4.78 is 5.39. The predicted octanol–water partition coefficient (Wildman–Crippen LogP) is 2.76. The van der Waals surface area contributed by atoms with Gasteiger partial charge in [0.15, 0.2) is 0 Å². The quantitative estimate of drug-likeness (QED) is 0.667. The summed E-state index contributed by atoms with van der Waals surface area (Å²) in [6.45, 7) is 6.87. The number of piperidine rings is 1. The average molecular weight is 253 g/mol. The summed E-state index contributed by atoms with van der Waals surface area (Å²) in [4.78, 5) is 25.8. The van der Waals surface area contributed by atoms with Crippen molar-refractivity contribution in [3.8, 4) is 0 Å². The molecule has 1 aliphatic carbocycles. The van der Waals surface area contributed by atoms with Crippen LogP contribution in [0.15, 0.2) is 0 Å². The second-order valence-electron chi connectivity index (χ2n) is 6.56. The van der Waals surface area contributed by atoms with Crippen LogP contribution in [0.4, 0.5) is 4.79 Å². The molecule has 1 heterocycles. The molecular weight excluding hydrogens is 230 g/mol. The first-order chi connectivity index (χ1) is 8.32. The Morgan fingerprint density at radius 1 is 1.28 bits per heavy atom. The molecule has 1 aliphatic heterocycles. The van der Waals surface area contributed by atoms with Crippen molar-refractivity contribution in [2.45, 2.75) is 58.5 Å². The Labute approximate surface area is 109 Å². The van der Waals surface area contributed by atoms with Crippen molar-refractivity contribution in [2.75, 3.05) is 13.1 Å². The zero-order chi connectivity index (χ0) is 13.4. The smallest absolute Gasteiger partial charge is 0.410 e. The molecule has 2 fully saturated rings. The highest BCUT2D eigenvalue weighted by Gasteiger charge is 2.46. The molecular formula is C14H23NO3. The summed E-state index contributed by atoms with van der Waals surface area (Å²) in [5, 5.41) is 0. The third-order valence-corrected chi connectivity index (χ3v) is 3.88. The van der Waals surface area contributed by atoms with Gasteiger partial charge in [0.2, 0.25) is 0 Å². The Kier molecular flexibility index (Phi) is 3.39. The first-order valence-corrected chi connectivity index (χ1v) is 6.84. The second-order valence-corrected chi connectivity index (χ2v) is 6.56. The van der Waals surface area contributed by atoms with Gasteiger partial charge in [-0.3, -0.25) is 4.79 Å². The molecule has 1 unspecified atom stereocenters. The lowest BCUT2D eigenvalue weighted by atomic mass is 9.78. The van der Waals surface area contributed by atoms with Crippen molar-refractivity contribution in [3.05, 3.63) is 0 Å². The number of amides is 1. The molecule has 0 aromatic heterocycles. The molecule has 0 N–H and O–H groups in total. The fraction of sp³-hybridized carbons (Fsp3) is 0.857. The number of hydrogen-bond acceptors (Lipinski definition) is 3. The van der Waals surface area contributed by atoms with Crippen LogP contribution in [0.3, 0.4) is 0 Å². The van der Waals surface area contributed by atoms with Crippen molar-refractivity contribution >= 4 is 11.9 Å². The third-order valence-electron chi connectivity index (χ3n) is 3.88. The van der Waals surface area contributed by atoms with Gasteiger partial charge in [-0.05, 0) is 46.5 Å². The molecule has 4 nitrogen and oxygen atoms in total. The van der Waals surface area contributed by atoms with Gasteiger partial charge in [-0.25, -0.2) is 4.79 Å². The number of carbonyl (C=O) groups excluding carboxylic acids is 2. The topological polar surface area (TPSA) is 46.6 Å². The van der Waals surface area contributed by atoms with E-state index in [0.29, 0.717) is 25.3 Å². The molecule has 0 radical (unpaired) electrons. The first-order valence-electron chi connectivity index (χ1n) is 6.84. The number of nitrogens with zero attached hydrogens (tertiary/aromatic N) is 1. The highest BCUT2D eigenvalue weighted by molar-refractivity contribution is 5.87. The number of hydrogen-bond donors (Lipinski definition) is 0. The molecule has 4 heteroatoms. The van der Waals surface area contributed by atoms with E-state index in [-0.39, 0.29) is 11.5 Å². The lowest BCUT2D eigenvalue weighted by Gasteiger charge is -2.39. The number of carbonyl (C=O) groups is 2. The van der Waals surface area contributed by atoms with E-state index in [1.165, 1.54) is 0 Å². The Hall–Kier alpha value is -1.06. The number of ketones is 1. The van der Waals surface area contributed by atoms with Crippen LogP contribution in [0, 0.1) is 5.41 Å². The summed E-state index contributed by atoms with van der Waals surface area (Å²) in [5.41, 5.74) is -0.726. The molecule has 1 saturated heterocycles. The van der Waals surface area contributed by atoms with Gasteiger partial charge in [0, 0.05) is 24.9 Å². The summed E-state index contributed by atoms with van der Waals surface area (Å²) in [7, 11) is 0. The van der Waals surface area contributed by atoms with Crippen molar-refractivity contribution in [2.24, 2.45) is 5.41 Å². The highest BCUT2D eigenvalue weighted by atomic mass is 16.6. The van der Waals surface area contributed by atoms with Crippen LogP contribution >= 0.6 is 0 Å². The molecule has 2 aliphatic rings. The SMILES string of the molecule is CC(C)(C)OC(=O)N1CCCC2(CCCC2=O)C1. The molecule has 1 spiro atoms. The van der Waals surface area contributed by atoms with E-state index in [2.05, 4.69) is 0 Å². The molecule has 1 saturated carbocycles. The summed E-state index contributed by atoms with van der Waals surface area (Å²) in [5.74, 6) is 0.343. The fourth-order valence-corrected chi connectivity index (χ4v) is 3.04. The van der Waals surface area contributed by atoms with Gasteiger partial charge in [-0.2, -0.15) is 0 Å². The summed E-state index contributed by atoms with van der Waals surface area (Å²) in [6, 6.07) is 0. The number of Topliss-reactive ketones (excluding diaryl/α,β-unsaturated/α-hetero) is 1. The zero-order valence-electron chi connectivity index (χ0n) is 11.6. The minimum atomic E-state index is -0.471. The van der Waals surface area contributed by atoms with Crippen LogP contribution in [0.1, 0.15) is 52.9 Å². The third kappa shape index (κ3) is 2.68. The van der Waals surface area contributed by atoms with Gasteiger partial charge in [0.05, 0.1) is 0 Å². The second kappa shape index (κ2) is 4.56. The molecule has 0 aromatic carbocycles. The Bertz CT molecular complexity index is 359. The van der Waals surface area contributed by atoms with E-state index in [1.807, 2.05) is 20.8 Å². The number of rotatable bonds is 0. The van der Waals surface area contributed by atoms with Gasteiger partial charge >= 0.3 is 6.09 Å². The number of likely N-dealkylation sites (tertiary alicyclic amines) is 1. The summed E-state index contributed by atoms with van der Waals surface area (Å²) in [6.07, 6.45) is 4.16. The zero-order valence-corrected chi connectivity index (χ0v) is 11.6. The van der Waals surface area contributed by atoms with E-state index < -0.39 is 5.60 Å². The van der Waals surface area contributed by atoms with Crippen LogP contribution in [-0.2, 0) is 9.53 Å². The molecule has 0 aromatic rings. The first kappa shape index (κ1) is 13.4. The van der Waals surface area contributed by atoms with Gasteiger partial charge < -0.3 is 9.64 Å². The number of ether oxygens (including phenoxy) is 1. The normalized spacial score (nSPS) is 28.8. The van der Waals surface area contributed by atoms with Crippen LogP contribution < -0.4 is 0 Å². The van der Waals surface area contributed by atoms with E-state index in [9.17, 15) is 9.59 Å². The lowest BCUT2D eigenvalue weighted by Crippen LogP contribution is -2.49. The van der Waals surface area contributed by atoms with Gasteiger partial charge in [-0.1, -0.05) is 0 Å². The molecule has 0 bridgehead atoms. The maximum absolute atomic E-state index is 12.1. The maximum atomic E-state index is 12.1. The maximum Gasteiger partial charge on any atom is 0.410 e. The van der Waals surface area contributed by atoms with E-state index >= 15 is 0 Å². The van der Waals surface area contributed by atoms with Crippen LogP contribution in [0.25, 0.3) is 0 Å². The average Bonchev–Trinajstić information content (AvgIpc) is 2.58. The minimum Gasteiger partial charge on any atom is -0.444 e. The standard InChI is InChI=1S/C14H23NO3/c1-13(2,3)18-12(17)15-9-5-8-14(10-15)7-4-6-11(14)16/h4-10H2,1-3H3. The van der Waals surface area contributed by atoms with E-state index in [4.69, 9.17) is 4.74 Å². The van der Waals surface area contributed by atoms with Crippen LogP contribution in [0.5, 0.6) is 0 Å².